The predicted octanol–water partition coefficient (Wildman–Crippen LogP) is 4.09. The van der Waals surface area contributed by atoms with Crippen molar-refractivity contribution < 1.29 is 4.79 Å². The summed E-state index contributed by atoms with van der Waals surface area (Å²) in [5, 5.41) is 13.0. The summed E-state index contributed by atoms with van der Waals surface area (Å²) in [5.41, 5.74) is 3.29. The van der Waals surface area contributed by atoms with Crippen LogP contribution in [0.25, 0.3) is 0 Å². The van der Waals surface area contributed by atoms with Gasteiger partial charge in [0, 0.05) is 33.4 Å². The Morgan fingerprint density at radius 3 is 2.69 bits per heavy atom. The van der Waals surface area contributed by atoms with Crippen molar-refractivity contribution in [3.63, 3.8) is 0 Å². The number of carbonyl (C=O) groups excluding carboxylic acids is 1. The maximum Gasteiger partial charge on any atom is 0.270 e. The van der Waals surface area contributed by atoms with E-state index in [0.29, 0.717) is 17.8 Å². The molecule has 7 heteroatoms. The summed E-state index contributed by atoms with van der Waals surface area (Å²) in [6, 6.07) is 6.17. The van der Waals surface area contributed by atoms with Gasteiger partial charge in [-0.2, -0.15) is 0 Å². The van der Waals surface area contributed by atoms with Gasteiger partial charge in [-0.15, -0.1) is 22.7 Å². The van der Waals surface area contributed by atoms with Crippen LogP contribution < -0.4 is 10.9 Å². The molecule has 3 N–H and O–H groups in total. The van der Waals surface area contributed by atoms with Crippen LogP contribution in [0.2, 0.25) is 0 Å². The first-order chi connectivity index (χ1) is 12.6. The van der Waals surface area contributed by atoms with E-state index in [0.717, 1.165) is 28.1 Å². The van der Waals surface area contributed by atoms with Gasteiger partial charge in [0.15, 0.2) is 5.78 Å². The summed E-state index contributed by atoms with van der Waals surface area (Å²) < 4.78 is 0. The fourth-order valence-electron chi connectivity index (χ4n) is 4.09. The van der Waals surface area contributed by atoms with Crippen LogP contribution in [-0.2, 0) is 4.79 Å². The van der Waals surface area contributed by atoms with Crippen molar-refractivity contribution in [2.75, 3.05) is 5.32 Å². The van der Waals surface area contributed by atoms with E-state index in [1.807, 2.05) is 24.4 Å². The van der Waals surface area contributed by atoms with Gasteiger partial charge in [0.2, 0.25) is 0 Å². The Balaban J connectivity index is 1.67. The lowest BCUT2D eigenvalue weighted by atomic mass is 9.75. The van der Waals surface area contributed by atoms with Crippen LogP contribution in [0.3, 0.4) is 0 Å². The molecule has 4 heterocycles. The Bertz CT molecular complexity index is 1080. The molecule has 0 amide bonds. The molecule has 0 fully saturated rings. The van der Waals surface area contributed by atoms with E-state index in [4.69, 9.17) is 0 Å². The molecule has 0 aromatic carbocycles. The van der Waals surface area contributed by atoms with Crippen LogP contribution in [0.1, 0.15) is 45.6 Å². The Hall–Kier alpha value is -2.38. The third-order valence-electron chi connectivity index (χ3n) is 5.29. The van der Waals surface area contributed by atoms with Gasteiger partial charge in [0.25, 0.3) is 5.56 Å². The molecule has 26 heavy (non-hydrogen) atoms. The molecule has 3 aromatic rings. The smallest absolute Gasteiger partial charge is 0.270 e. The van der Waals surface area contributed by atoms with E-state index in [1.165, 1.54) is 4.88 Å². The number of rotatable bonds is 2. The van der Waals surface area contributed by atoms with Crippen LogP contribution in [0.15, 0.2) is 45.0 Å². The fourth-order valence-corrected chi connectivity index (χ4v) is 5.96. The molecule has 0 unspecified atom stereocenters. The second kappa shape index (κ2) is 5.82. The molecule has 2 atom stereocenters. The maximum atomic E-state index is 13.2. The summed E-state index contributed by atoms with van der Waals surface area (Å²) in [7, 11) is 0. The number of carbonyl (C=O) groups is 1. The van der Waals surface area contributed by atoms with E-state index in [-0.39, 0.29) is 23.2 Å². The zero-order valence-electron chi connectivity index (χ0n) is 14.1. The highest BCUT2D eigenvalue weighted by molar-refractivity contribution is 7.10. The van der Waals surface area contributed by atoms with Gasteiger partial charge in [-0.25, -0.2) is 0 Å². The molecule has 5 rings (SSSR count). The lowest BCUT2D eigenvalue weighted by molar-refractivity contribution is -0.116. The summed E-state index contributed by atoms with van der Waals surface area (Å²) in [6.07, 6.45) is 1.29. The number of Topliss-reactive ketones (excluding diaryl/α,β-unsaturated/α-hetero) is 1. The molecule has 2 aliphatic rings. The van der Waals surface area contributed by atoms with Crippen molar-refractivity contribution in [1.82, 2.24) is 10.2 Å². The van der Waals surface area contributed by atoms with E-state index >= 15 is 0 Å². The van der Waals surface area contributed by atoms with Crippen LogP contribution >= 0.6 is 22.7 Å². The SMILES string of the molecule is Cc1ccsc1[C@H]1C2=C(C[C@H](c3cccs3)CC2=O)Nc2[nH][nH]c(=O)c21. The van der Waals surface area contributed by atoms with E-state index in [1.54, 1.807) is 22.7 Å². The second-order valence-electron chi connectivity index (χ2n) is 6.83. The number of H-pyrrole nitrogens is 2. The van der Waals surface area contributed by atoms with Crippen LogP contribution in [0, 0.1) is 6.92 Å². The largest absolute Gasteiger partial charge is 0.343 e. The van der Waals surface area contributed by atoms with E-state index < -0.39 is 0 Å². The lowest BCUT2D eigenvalue weighted by Gasteiger charge is -2.34. The number of aromatic nitrogens is 2. The lowest BCUT2D eigenvalue weighted by Crippen LogP contribution is -2.31. The molecule has 132 valence electrons. The molecule has 0 radical (unpaired) electrons. The molecule has 0 saturated carbocycles. The molecule has 3 aromatic heterocycles. The minimum Gasteiger partial charge on any atom is -0.343 e. The van der Waals surface area contributed by atoms with Crippen molar-refractivity contribution in [2.45, 2.75) is 31.6 Å². The minimum atomic E-state index is -0.284. The minimum absolute atomic E-state index is 0.140. The molecule has 5 nitrogen and oxygen atoms in total. The summed E-state index contributed by atoms with van der Waals surface area (Å²) in [5.74, 6) is 0.742. The summed E-state index contributed by atoms with van der Waals surface area (Å²) in [6.45, 7) is 2.04. The van der Waals surface area contributed by atoms with E-state index in [9.17, 15) is 9.59 Å². The third kappa shape index (κ3) is 2.27. The summed E-state index contributed by atoms with van der Waals surface area (Å²) in [4.78, 5) is 28.0. The van der Waals surface area contributed by atoms with Gasteiger partial charge in [-0.1, -0.05) is 6.07 Å². The standard InChI is InChI=1S/C19H17N3O2S2/c1-9-4-6-26-17(9)15-14-11(20-18-16(15)19(24)22-21-18)7-10(8-12(14)23)13-3-2-5-25-13/h2-6,10,15H,7-8H2,1H3,(H3,20,21,22,24)/t10-,15-/m0/s1. The highest BCUT2D eigenvalue weighted by Gasteiger charge is 2.41. The number of aromatic amines is 2. The van der Waals surface area contributed by atoms with Crippen LogP contribution in [-0.4, -0.2) is 16.0 Å². The fraction of sp³-hybridized carbons (Fsp3) is 0.263. The number of thiophene rings is 2. The molecular formula is C19H17N3O2S2. The first kappa shape index (κ1) is 15.8. The molecule has 0 spiro atoms. The van der Waals surface area contributed by atoms with Gasteiger partial charge >= 0.3 is 0 Å². The van der Waals surface area contributed by atoms with Crippen molar-refractivity contribution in [2.24, 2.45) is 0 Å². The van der Waals surface area contributed by atoms with E-state index in [2.05, 4.69) is 27.0 Å². The van der Waals surface area contributed by atoms with Crippen molar-refractivity contribution in [3.05, 3.63) is 71.5 Å². The quantitative estimate of drug-likeness (QED) is 0.624. The van der Waals surface area contributed by atoms with Crippen molar-refractivity contribution in [3.8, 4) is 0 Å². The predicted molar refractivity (Wildman–Crippen MR) is 104 cm³/mol. The molecule has 1 aliphatic carbocycles. The second-order valence-corrected chi connectivity index (χ2v) is 8.76. The third-order valence-corrected chi connectivity index (χ3v) is 7.40. The average molecular weight is 383 g/mol. The molecular weight excluding hydrogens is 366 g/mol. The Morgan fingerprint density at radius 2 is 1.96 bits per heavy atom. The van der Waals surface area contributed by atoms with Crippen molar-refractivity contribution in [1.29, 1.82) is 0 Å². The number of hydrogen-bond donors (Lipinski definition) is 3. The number of nitrogens with one attached hydrogen (secondary N) is 3. The number of anilines is 1. The number of aryl methyl sites for hydroxylation is 1. The molecule has 0 bridgehead atoms. The first-order valence-corrected chi connectivity index (χ1v) is 10.3. The van der Waals surface area contributed by atoms with Gasteiger partial charge in [0.05, 0.1) is 11.5 Å². The van der Waals surface area contributed by atoms with Gasteiger partial charge in [-0.3, -0.25) is 19.8 Å². The van der Waals surface area contributed by atoms with Crippen LogP contribution in [0.5, 0.6) is 0 Å². The highest BCUT2D eigenvalue weighted by atomic mass is 32.1. The summed E-state index contributed by atoms with van der Waals surface area (Å²) >= 11 is 3.31. The Kier molecular flexibility index (Phi) is 3.55. The number of allylic oxidation sites excluding steroid dienone is 2. The Labute approximate surface area is 157 Å². The topological polar surface area (TPSA) is 77.8 Å². The monoisotopic (exact) mass is 383 g/mol. The zero-order chi connectivity index (χ0) is 17.8. The van der Waals surface area contributed by atoms with Gasteiger partial charge in [-0.05, 0) is 41.8 Å². The highest BCUT2D eigenvalue weighted by Crippen LogP contribution is 2.48. The first-order valence-electron chi connectivity index (χ1n) is 8.54. The van der Waals surface area contributed by atoms with Crippen molar-refractivity contribution >= 4 is 34.3 Å². The maximum absolute atomic E-state index is 13.2. The van der Waals surface area contributed by atoms with Gasteiger partial charge < -0.3 is 5.32 Å². The molecule has 0 saturated heterocycles. The Morgan fingerprint density at radius 1 is 1.08 bits per heavy atom. The zero-order valence-corrected chi connectivity index (χ0v) is 15.7. The number of hydrogen-bond acceptors (Lipinski definition) is 5. The normalized spacial score (nSPS) is 22.1. The van der Waals surface area contributed by atoms with Gasteiger partial charge in [0.1, 0.15) is 5.82 Å². The number of ketones is 1. The van der Waals surface area contributed by atoms with Crippen LogP contribution in [0.4, 0.5) is 5.82 Å². The molecule has 1 aliphatic heterocycles. The number of fused-ring (bicyclic) bond motifs is 1. The average Bonchev–Trinajstić information content (AvgIpc) is 3.35.